The van der Waals surface area contributed by atoms with E-state index in [2.05, 4.69) is 15.6 Å². The molecule has 2 heterocycles. The lowest BCUT2D eigenvalue weighted by molar-refractivity contribution is -0.125. The number of aliphatic hydroxyl groups is 1. The van der Waals surface area contributed by atoms with Crippen LogP contribution in [0.15, 0.2) is 21.9 Å². The Morgan fingerprint density at radius 3 is 2.40 bits per heavy atom. The Morgan fingerprint density at radius 1 is 1.02 bits per heavy atom. The van der Waals surface area contributed by atoms with Gasteiger partial charge in [0.15, 0.2) is 0 Å². The van der Waals surface area contributed by atoms with E-state index in [1.54, 1.807) is 0 Å². The average Bonchev–Trinajstić information content (AvgIpc) is 3.74. The standard InChI is InChI=1S/C32H50N4O6/c1-21(2)26-18-29(42-27(26)20-37)36-19-25(31(40)35-32(36)41)13-14-28(38)33-15-7-3-4-8-16-34-30(39)24-12-11-23(17-24)22-9-5-6-10-22/h13-14,19,21-24,26-27,29,37H,3-12,15-18,20H2,1-2H3,(H,33,38)(H,34,39)(H,35,40,41)/b14-13+/t23?,24-,26?,27?,29?/m1/s1. The van der Waals surface area contributed by atoms with Gasteiger partial charge in [0.05, 0.1) is 18.3 Å². The molecule has 4 rings (SSSR count). The summed E-state index contributed by atoms with van der Waals surface area (Å²) in [7, 11) is 0. The van der Waals surface area contributed by atoms with Crippen molar-refractivity contribution in [1.29, 1.82) is 0 Å². The molecule has 3 fully saturated rings. The summed E-state index contributed by atoms with van der Waals surface area (Å²) >= 11 is 0. The van der Waals surface area contributed by atoms with Gasteiger partial charge in [0.25, 0.3) is 5.56 Å². The van der Waals surface area contributed by atoms with E-state index in [1.165, 1.54) is 55.0 Å². The van der Waals surface area contributed by atoms with Gasteiger partial charge in [-0.25, -0.2) is 4.79 Å². The number of rotatable bonds is 14. The molecule has 1 aromatic rings. The van der Waals surface area contributed by atoms with Crippen LogP contribution >= 0.6 is 0 Å². The van der Waals surface area contributed by atoms with Crippen LogP contribution in [0.2, 0.25) is 0 Å². The van der Waals surface area contributed by atoms with Crippen LogP contribution in [0.5, 0.6) is 0 Å². The second kappa shape index (κ2) is 15.7. The summed E-state index contributed by atoms with van der Waals surface area (Å²) in [6, 6.07) is 0. The van der Waals surface area contributed by atoms with Gasteiger partial charge in [-0.05, 0) is 68.3 Å². The van der Waals surface area contributed by atoms with Crippen molar-refractivity contribution in [2.45, 2.75) is 103 Å². The van der Waals surface area contributed by atoms with E-state index in [0.29, 0.717) is 19.5 Å². The number of aliphatic hydroxyl groups excluding tert-OH is 1. The highest BCUT2D eigenvalue weighted by Gasteiger charge is 2.38. The summed E-state index contributed by atoms with van der Waals surface area (Å²) in [5.74, 6) is 2.09. The first kappa shape index (κ1) is 32.2. The molecule has 4 unspecified atom stereocenters. The normalized spacial score (nSPS) is 26.4. The van der Waals surface area contributed by atoms with Crippen molar-refractivity contribution in [3.63, 3.8) is 0 Å². The van der Waals surface area contributed by atoms with Gasteiger partial charge >= 0.3 is 5.69 Å². The third-order valence-corrected chi connectivity index (χ3v) is 9.65. The Hall–Kier alpha value is -2.72. The molecule has 0 aromatic carbocycles. The van der Waals surface area contributed by atoms with Crippen molar-refractivity contribution in [2.75, 3.05) is 19.7 Å². The molecule has 3 aliphatic rings. The highest BCUT2D eigenvalue weighted by molar-refractivity contribution is 5.91. The molecule has 1 saturated heterocycles. The van der Waals surface area contributed by atoms with Crippen molar-refractivity contribution >= 4 is 17.9 Å². The molecule has 5 atom stereocenters. The fourth-order valence-electron chi connectivity index (χ4n) is 7.14. The largest absolute Gasteiger partial charge is 0.394 e. The molecule has 4 N–H and O–H groups in total. The molecule has 10 nitrogen and oxygen atoms in total. The second-order valence-electron chi connectivity index (χ2n) is 12.9. The highest BCUT2D eigenvalue weighted by atomic mass is 16.5. The third-order valence-electron chi connectivity index (χ3n) is 9.65. The Labute approximate surface area is 248 Å². The Balaban J connectivity index is 1.11. The molecule has 42 heavy (non-hydrogen) atoms. The quantitative estimate of drug-likeness (QED) is 0.194. The molecule has 0 bridgehead atoms. The lowest BCUT2D eigenvalue weighted by atomic mass is 9.89. The molecule has 1 aliphatic heterocycles. The lowest BCUT2D eigenvalue weighted by Crippen LogP contribution is -2.33. The van der Waals surface area contributed by atoms with Crippen LogP contribution in [-0.4, -0.2) is 52.3 Å². The summed E-state index contributed by atoms with van der Waals surface area (Å²) in [6.45, 7) is 5.18. The van der Waals surface area contributed by atoms with Gasteiger partial charge in [-0.3, -0.25) is 23.9 Å². The number of nitrogens with zero attached hydrogens (tertiary/aromatic N) is 1. The maximum Gasteiger partial charge on any atom is 0.330 e. The minimum atomic E-state index is -0.593. The maximum absolute atomic E-state index is 12.5. The predicted molar refractivity (Wildman–Crippen MR) is 162 cm³/mol. The van der Waals surface area contributed by atoms with Gasteiger partial charge in [0.2, 0.25) is 11.8 Å². The zero-order valence-electron chi connectivity index (χ0n) is 25.3. The zero-order valence-corrected chi connectivity index (χ0v) is 25.3. The minimum absolute atomic E-state index is 0.0911. The van der Waals surface area contributed by atoms with Crippen LogP contribution in [0, 0.1) is 29.6 Å². The number of aromatic nitrogens is 2. The van der Waals surface area contributed by atoms with E-state index in [0.717, 1.165) is 50.4 Å². The van der Waals surface area contributed by atoms with Crippen LogP contribution in [-0.2, 0) is 14.3 Å². The Morgan fingerprint density at radius 2 is 1.74 bits per heavy atom. The van der Waals surface area contributed by atoms with Gasteiger partial charge in [0, 0.05) is 31.3 Å². The van der Waals surface area contributed by atoms with Gasteiger partial charge < -0.3 is 20.5 Å². The number of nitrogens with one attached hydrogen (secondary N) is 3. The summed E-state index contributed by atoms with van der Waals surface area (Å²) in [5.41, 5.74) is -0.986. The van der Waals surface area contributed by atoms with Crippen LogP contribution in [0.25, 0.3) is 6.08 Å². The topological polar surface area (TPSA) is 143 Å². The number of unbranched alkanes of at least 4 members (excludes halogenated alkanes) is 3. The molecule has 1 aromatic heterocycles. The van der Waals surface area contributed by atoms with Gasteiger partial charge in [-0.1, -0.05) is 52.4 Å². The van der Waals surface area contributed by atoms with Crippen molar-refractivity contribution in [1.82, 2.24) is 20.2 Å². The fourth-order valence-corrected chi connectivity index (χ4v) is 7.14. The number of hydrogen-bond acceptors (Lipinski definition) is 6. The number of H-pyrrole nitrogens is 1. The van der Waals surface area contributed by atoms with Crippen molar-refractivity contribution in [3.8, 4) is 0 Å². The maximum atomic E-state index is 12.5. The predicted octanol–water partition coefficient (Wildman–Crippen LogP) is 3.50. The van der Waals surface area contributed by atoms with Crippen molar-refractivity contribution in [2.24, 2.45) is 29.6 Å². The highest BCUT2D eigenvalue weighted by Crippen LogP contribution is 2.42. The smallest absolute Gasteiger partial charge is 0.330 e. The molecule has 0 radical (unpaired) electrons. The van der Waals surface area contributed by atoms with E-state index in [-0.39, 0.29) is 47.8 Å². The van der Waals surface area contributed by atoms with Gasteiger partial charge in [-0.2, -0.15) is 0 Å². The number of aromatic amines is 1. The van der Waals surface area contributed by atoms with E-state index in [1.807, 2.05) is 13.8 Å². The summed E-state index contributed by atoms with van der Waals surface area (Å²) in [4.78, 5) is 51.9. The van der Waals surface area contributed by atoms with E-state index < -0.39 is 17.5 Å². The first-order valence-electron chi connectivity index (χ1n) is 16.1. The monoisotopic (exact) mass is 586 g/mol. The van der Waals surface area contributed by atoms with Gasteiger partial charge in [0.1, 0.15) is 6.23 Å². The van der Waals surface area contributed by atoms with Crippen LogP contribution in [0.4, 0.5) is 0 Å². The van der Waals surface area contributed by atoms with Crippen LogP contribution in [0.3, 0.4) is 0 Å². The Bertz CT molecular complexity index is 1180. The number of carbonyl (C=O) groups is 2. The van der Waals surface area contributed by atoms with Crippen molar-refractivity contribution in [3.05, 3.63) is 38.7 Å². The lowest BCUT2D eigenvalue weighted by Gasteiger charge is -2.18. The third kappa shape index (κ3) is 8.66. The Kier molecular flexibility index (Phi) is 12.0. The first-order chi connectivity index (χ1) is 20.3. The molecular weight excluding hydrogens is 536 g/mol. The molecule has 10 heteroatoms. The molecule has 2 saturated carbocycles. The molecule has 2 aliphatic carbocycles. The van der Waals surface area contributed by atoms with E-state index in [9.17, 15) is 24.3 Å². The van der Waals surface area contributed by atoms with Gasteiger partial charge in [-0.15, -0.1) is 0 Å². The average molecular weight is 587 g/mol. The van der Waals surface area contributed by atoms with E-state index in [4.69, 9.17) is 4.74 Å². The second-order valence-corrected chi connectivity index (χ2v) is 12.9. The SMILES string of the molecule is CC(C)C1CC(n2cc(/C=C/C(=O)NCCCCCCNC(=O)[C@@H]3CCC(C4CCCC4)C3)c(=O)[nH]c2=O)OC1CO. The first-order valence-corrected chi connectivity index (χ1v) is 16.1. The fraction of sp³-hybridized carbons (Fsp3) is 0.750. The summed E-state index contributed by atoms with van der Waals surface area (Å²) in [5, 5.41) is 15.6. The van der Waals surface area contributed by atoms with Crippen LogP contribution in [0.1, 0.15) is 103 Å². The van der Waals surface area contributed by atoms with E-state index >= 15 is 0 Å². The number of amides is 2. The molecular formula is C32H50N4O6. The van der Waals surface area contributed by atoms with Crippen LogP contribution < -0.4 is 21.9 Å². The molecule has 0 spiro atoms. The van der Waals surface area contributed by atoms with Crippen molar-refractivity contribution < 1.29 is 19.4 Å². The minimum Gasteiger partial charge on any atom is -0.394 e. The summed E-state index contributed by atoms with van der Waals surface area (Å²) in [6.07, 6.45) is 16.1. The molecule has 234 valence electrons. The zero-order chi connectivity index (χ0) is 30.1. The summed E-state index contributed by atoms with van der Waals surface area (Å²) < 4.78 is 7.22. The molecule has 2 amide bonds. The number of ether oxygens (including phenoxy) is 1. The number of hydrogen-bond donors (Lipinski definition) is 4. The number of carbonyl (C=O) groups excluding carboxylic acids is 2.